The van der Waals surface area contributed by atoms with Gasteiger partial charge < -0.3 is 4.98 Å². The molecule has 0 bridgehead atoms. The van der Waals surface area contributed by atoms with E-state index in [1.165, 1.54) is 40.9 Å². The minimum atomic E-state index is 0.990. The van der Waals surface area contributed by atoms with E-state index in [0.29, 0.717) is 0 Å². The Morgan fingerprint density at radius 3 is 2.35 bits per heavy atom. The lowest BCUT2D eigenvalue weighted by Crippen LogP contribution is -1.91. The summed E-state index contributed by atoms with van der Waals surface area (Å²) in [6.07, 6.45) is 4.52. The molecule has 0 aliphatic heterocycles. The lowest BCUT2D eigenvalue weighted by atomic mass is 10.0. The van der Waals surface area contributed by atoms with Gasteiger partial charge in [0, 0.05) is 15.7 Å². The normalized spacial score (nSPS) is 11.1. The van der Waals surface area contributed by atoms with Gasteiger partial charge in [0.1, 0.15) is 5.82 Å². The van der Waals surface area contributed by atoms with E-state index in [-0.39, 0.29) is 0 Å². The Morgan fingerprint density at radius 1 is 1.15 bits per heavy atom. The Balaban J connectivity index is 2.45. The van der Waals surface area contributed by atoms with E-state index in [1.807, 2.05) is 0 Å². The highest BCUT2D eigenvalue weighted by Crippen LogP contribution is 2.29. The zero-order chi connectivity index (χ0) is 14.7. The van der Waals surface area contributed by atoms with Crippen molar-refractivity contribution in [3.8, 4) is 11.4 Å². The fourth-order valence-electron chi connectivity index (χ4n) is 2.70. The van der Waals surface area contributed by atoms with Crippen LogP contribution < -0.4 is 0 Å². The van der Waals surface area contributed by atoms with Crippen molar-refractivity contribution in [3.63, 3.8) is 0 Å². The second-order valence-corrected chi connectivity index (χ2v) is 6.30. The Bertz CT molecular complexity index is 576. The monoisotopic (exact) mass is 334 g/mol. The molecule has 2 nitrogen and oxygen atoms in total. The topological polar surface area (TPSA) is 28.7 Å². The molecule has 20 heavy (non-hydrogen) atoms. The maximum atomic E-state index is 4.83. The molecule has 0 aliphatic rings. The zero-order valence-electron chi connectivity index (χ0n) is 12.8. The number of imidazole rings is 1. The first kappa shape index (κ1) is 15.3. The van der Waals surface area contributed by atoms with Gasteiger partial charge in [-0.1, -0.05) is 36.2 Å². The minimum Gasteiger partial charge on any atom is -0.342 e. The zero-order valence-corrected chi connectivity index (χ0v) is 14.4. The van der Waals surface area contributed by atoms with Crippen LogP contribution in [0.5, 0.6) is 0 Å². The molecule has 0 amide bonds. The Morgan fingerprint density at radius 2 is 1.80 bits per heavy atom. The van der Waals surface area contributed by atoms with Crippen molar-refractivity contribution in [2.24, 2.45) is 0 Å². The summed E-state index contributed by atoms with van der Waals surface area (Å²) in [5, 5.41) is 0. The van der Waals surface area contributed by atoms with Crippen LogP contribution >= 0.6 is 15.9 Å². The summed E-state index contributed by atoms with van der Waals surface area (Å²) in [5.41, 5.74) is 6.29. The summed E-state index contributed by atoms with van der Waals surface area (Å²) in [6.45, 7) is 8.70. The van der Waals surface area contributed by atoms with Crippen molar-refractivity contribution in [1.29, 1.82) is 0 Å². The molecule has 0 fully saturated rings. The predicted molar refractivity (Wildman–Crippen MR) is 89.2 cm³/mol. The number of nitrogens with zero attached hydrogens (tertiary/aromatic N) is 1. The van der Waals surface area contributed by atoms with Crippen molar-refractivity contribution in [3.05, 3.63) is 39.1 Å². The predicted octanol–water partition coefficient (Wildman–Crippen LogP) is 5.36. The molecule has 1 N–H and O–H groups in total. The van der Waals surface area contributed by atoms with Crippen LogP contribution in [0.3, 0.4) is 0 Å². The highest BCUT2D eigenvalue weighted by atomic mass is 79.9. The first-order valence-electron chi connectivity index (χ1n) is 7.41. The molecule has 0 saturated carbocycles. The van der Waals surface area contributed by atoms with Crippen LogP contribution in [0.15, 0.2) is 16.6 Å². The molecular weight excluding hydrogens is 312 g/mol. The van der Waals surface area contributed by atoms with Crippen molar-refractivity contribution in [1.82, 2.24) is 9.97 Å². The summed E-state index contributed by atoms with van der Waals surface area (Å²) >= 11 is 3.56. The van der Waals surface area contributed by atoms with Crippen molar-refractivity contribution in [2.75, 3.05) is 0 Å². The van der Waals surface area contributed by atoms with Crippen molar-refractivity contribution in [2.45, 2.75) is 53.4 Å². The summed E-state index contributed by atoms with van der Waals surface area (Å²) < 4.78 is 1.13. The Hall–Kier alpha value is -1.09. The number of aryl methyl sites for hydroxylation is 4. The quantitative estimate of drug-likeness (QED) is 0.783. The number of hydrogen-bond acceptors (Lipinski definition) is 1. The Kier molecular flexibility index (Phi) is 5.03. The molecule has 0 spiro atoms. The third kappa shape index (κ3) is 3.14. The largest absolute Gasteiger partial charge is 0.342 e. The van der Waals surface area contributed by atoms with Gasteiger partial charge in [-0.05, 0) is 56.4 Å². The lowest BCUT2D eigenvalue weighted by Gasteiger charge is -2.08. The molecule has 0 unspecified atom stereocenters. The number of benzene rings is 1. The van der Waals surface area contributed by atoms with E-state index in [4.69, 9.17) is 4.98 Å². The number of aromatic amines is 1. The highest BCUT2D eigenvalue weighted by Gasteiger charge is 2.14. The van der Waals surface area contributed by atoms with Crippen LogP contribution in [0.25, 0.3) is 11.4 Å². The molecule has 0 saturated heterocycles. The standard InChI is InChI=1S/C17H23BrN2/c1-5-7-8-15-14(6-2)19-17(20-15)16-11(3)9-13(18)10-12(16)4/h9-10H,5-8H2,1-4H3,(H,19,20). The number of halogens is 1. The molecule has 2 rings (SSSR count). The number of unbranched alkanes of at least 4 members (excludes halogenated alkanes) is 1. The molecule has 1 aromatic carbocycles. The van der Waals surface area contributed by atoms with E-state index in [9.17, 15) is 0 Å². The van der Waals surface area contributed by atoms with E-state index in [2.05, 4.69) is 60.7 Å². The van der Waals surface area contributed by atoms with Gasteiger partial charge in [-0.2, -0.15) is 0 Å². The smallest absolute Gasteiger partial charge is 0.138 e. The van der Waals surface area contributed by atoms with Gasteiger partial charge in [0.25, 0.3) is 0 Å². The first-order chi connectivity index (χ1) is 9.56. The second-order valence-electron chi connectivity index (χ2n) is 5.38. The molecule has 0 atom stereocenters. The maximum absolute atomic E-state index is 4.83. The number of hydrogen-bond donors (Lipinski definition) is 1. The molecule has 1 aromatic heterocycles. The highest BCUT2D eigenvalue weighted by molar-refractivity contribution is 9.10. The van der Waals surface area contributed by atoms with Gasteiger partial charge in [-0.3, -0.25) is 0 Å². The van der Waals surface area contributed by atoms with E-state index < -0.39 is 0 Å². The van der Waals surface area contributed by atoms with Crippen molar-refractivity contribution < 1.29 is 0 Å². The van der Waals surface area contributed by atoms with Gasteiger partial charge in [-0.15, -0.1) is 0 Å². The Labute approximate surface area is 130 Å². The number of nitrogens with one attached hydrogen (secondary N) is 1. The van der Waals surface area contributed by atoms with Gasteiger partial charge in [0.2, 0.25) is 0 Å². The maximum Gasteiger partial charge on any atom is 0.138 e. The molecule has 2 aromatic rings. The summed E-state index contributed by atoms with van der Waals surface area (Å²) in [7, 11) is 0. The molecule has 0 radical (unpaired) electrons. The van der Waals surface area contributed by atoms with Crippen molar-refractivity contribution >= 4 is 15.9 Å². The van der Waals surface area contributed by atoms with Crippen LogP contribution in [0.1, 0.15) is 49.2 Å². The number of H-pyrrole nitrogens is 1. The summed E-state index contributed by atoms with van der Waals surface area (Å²) in [4.78, 5) is 8.39. The van der Waals surface area contributed by atoms with E-state index in [1.54, 1.807) is 0 Å². The van der Waals surface area contributed by atoms with Gasteiger partial charge in [0.05, 0.1) is 5.69 Å². The average molecular weight is 335 g/mol. The molecule has 3 heteroatoms. The SMILES string of the molecule is CCCCc1[nH]c(-c2c(C)cc(Br)cc2C)nc1CC. The summed E-state index contributed by atoms with van der Waals surface area (Å²) in [5.74, 6) is 1.02. The van der Waals surface area contributed by atoms with Gasteiger partial charge in [-0.25, -0.2) is 4.98 Å². The third-order valence-corrected chi connectivity index (χ3v) is 4.17. The van der Waals surface area contributed by atoms with Gasteiger partial charge in [0.15, 0.2) is 0 Å². The lowest BCUT2D eigenvalue weighted by molar-refractivity contribution is 0.771. The number of rotatable bonds is 5. The van der Waals surface area contributed by atoms with E-state index in [0.717, 1.165) is 23.1 Å². The molecule has 0 aliphatic carbocycles. The van der Waals surface area contributed by atoms with Crippen LogP contribution in [0.4, 0.5) is 0 Å². The number of aromatic nitrogens is 2. The molecule has 108 valence electrons. The molecule has 1 heterocycles. The van der Waals surface area contributed by atoms with Crippen LogP contribution in [-0.4, -0.2) is 9.97 Å². The second kappa shape index (κ2) is 6.57. The van der Waals surface area contributed by atoms with Gasteiger partial charge >= 0.3 is 0 Å². The summed E-state index contributed by atoms with van der Waals surface area (Å²) in [6, 6.07) is 4.31. The van der Waals surface area contributed by atoms with Crippen LogP contribution in [-0.2, 0) is 12.8 Å². The third-order valence-electron chi connectivity index (χ3n) is 3.71. The molecular formula is C17H23BrN2. The fourth-order valence-corrected chi connectivity index (χ4v) is 3.39. The van der Waals surface area contributed by atoms with E-state index >= 15 is 0 Å². The average Bonchev–Trinajstić information content (AvgIpc) is 2.78. The minimum absolute atomic E-state index is 0.990. The first-order valence-corrected chi connectivity index (χ1v) is 8.21. The van der Waals surface area contributed by atoms with Crippen LogP contribution in [0.2, 0.25) is 0 Å². The fraction of sp³-hybridized carbons (Fsp3) is 0.471. The van der Waals surface area contributed by atoms with Crippen LogP contribution in [0, 0.1) is 13.8 Å².